The maximum absolute atomic E-state index is 9.95. The number of aliphatic hydroxyl groups is 1. The molecular formula is C18H24N6O2. The summed E-state index contributed by atoms with van der Waals surface area (Å²) in [5.74, 6) is 1.68. The molecule has 3 aromatic rings. The minimum atomic E-state index is -0.302. The molecule has 1 fully saturated rings. The summed E-state index contributed by atoms with van der Waals surface area (Å²) in [7, 11) is 0. The van der Waals surface area contributed by atoms with Gasteiger partial charge in [0.25, 0.3) is 0 Å². The smallest absolute Gasteiger partial charge is 0.146 e. The van der Waals surface area contributed by atoms with E-state index in [-0.39, 0.29) is 11.5 Å². The zero-order valence-corrected chi connectivity index (χ0v) is 15.6. The topological polar surface area (TPSA) is 93.1 Å². The Morgan fingerprint density at radius 3 is 2.69 bits per heavy atom. The second kappa shape index (κ2) is 6.05. The van der Waals surface area contributed by atoms with Crippen LogP contribution in [0.1, 0.15) is 44.4 Å². The first kappa shape index (κ1) is 17.0. The Hall–Kier alpha value is -2.48. The lowest BCUT2D eigenvalue weighted by atomic mass is 9.95. The van der Waals surface area contributed by atoms with Crippen molar-refractivity contribution in [2.24, 2.45) is 0 Å². The van der Waals surface area contributed by atoms with E-state index in [1.807, 2.05) is 19.2 Å². The predicted octanol–water partition coefficient (Wildman–Crippen LogP) is 2.04. The molecule has 0 spiro atoms. The molecule has 0 aromatic carbocycles. The number of β-amino-alcohol motifs (C(OH)–C–C–N with tert-alkyl or cyclic N) is 1. The first-order valence-corrected chi connectivity index (χ1v) is 8.91. The van der Waals surface area contributed by atoms with E-state index in [0.29, 0.717) is 13.1 Å². The van der Waals surface area contributed by atoms with Gasteiger partial charge in [-0.15, -0.1) is 0 Å². The lowest BCUT2D eigenvalue weighted by Crippen LogP contribution is -2.25. The molecule has 138 valence electrons. The Kier molecular flexibility index (Phi) is 3.95. The number of aliphatic hydroxyl groups excluding tert-OH is 1. The summed E-state index contributed by atoms with van der Waals surface area (Å²) in [6.45, 7) is 10.1. The van der Waals surface area contributed by atoms with E-state index < -0.39 is 0 Å². The molecule has 1 aliphatic heterocycles. The Morgan fingerprint density at radius 2 is 2.08 bits per heavy atom. The number of hydrogen-bond donors (Lipinski definition) is 1. The zero-order valence-electron chi connectivity index (χ0n) is 15.6. The zero-order chi connectivity index (χ0) is 18.5. The van der Waals surface area contributed by atoms with Crippen molar-refractivity contribution in [1.82, 2.24) is 24.8 Å². The van der Waals surface area contributed by atoms with Gasteiger partial charge >= 0.3 is 0 Å². The van der Waals surface area contributed by atoms with Gasteiger partial charge in [-0.05, 0) is 19.4 Å². The fourth-order valence-corrected chi connectivity index (χ4v) is 3.24. The number of fused-ring (bicyclic) bond motifs is 1. The molecule has 3 aromatic heterocycles. The summed E-state index contributed by atoms with van der Waals surface area (Å²) in [4.78, 5) is 11.9. The third-order valence-electron chi connectivity index (χ3n) is 4.80. The van der Waals surface area contributed by atoms with Gasteiger partial charge in [-0.25, -0.2) is 14.6 Å². The van der Waals surface area contributed by atoms with Crippen molar-refractivity contribution in [2.75, 3.05) is 18.0 Å². The monoisotopic (exact) mass is 356 g/mol. The molecule has 0 amide bonds. The van der Waals surface area contributed by atoms with Crippen LogP contribution in [0.4, 0.5) is 5.82 Å². The normalized spacial score (nSPS) is 18.2. The van der Waals surface area contributed by atoms with Crippen molar-refractivity contribution in [3.63, 3.8) is 0 Å². The number of rotatable bonds is 3. The summed E-state index contributed by atoms with van der Waals surface area (Å²) in [6.07, 6.45) is 2.46. The molecular weight excluding hydrogens is 332 g/mol. The Balaban J connectivity index is 1.84. The standard InChI is InChI=1S/C18H24N6O2/c1-11-14(22-26-21-11)10-24-8-6-13-15(23-7-5-12(25)9-23)19-17(18(2,3)4)20-16(13)24/h6,8,12,25H,5,7,9-10H2,1-4H3/t12-/m0/s1. The Labute approximate surface area is 151 Å². The lowest BCUT2D eigenvalue weighted by molar-refractivity contribution is 0.198. The highest BCUT2D eigenvalue weighted by Crippen LogP contribution is 2.31. The largest absolute Gasteiger partial charge is 0.391 e. The van der Waals surface area contributed by atoms with E-state index in [1.165, 1.54) is 0 Å². The van der Waals surface area contributed by atoms with Crippen molar-refractivity contribution < 1.29 is 9.74 Å². The lowest BCUT2D eigenvalue weighted by Gasteiger charge is -2.23. The van der Waals surface area contributed by atoms with Gasteiger partial charge in [-0.1, -0.05) is 31.1 Å². The summed E-state index contributed by atoms with van der Waals surface area (Å²) < 4.78 is 6.87. The van der Waals surface area contributed by atoms with Gasteiger partial charge in [-0.2, -0.15) is 0 Å². The van der Waals surface area contributed by atoms with Gasteiger partial charge in [0.2, 0.25) is 0 Å². The summed E-state index contributed by atoms with van der Waals surface area (Å²) in [6, 6.07) is 2.03. The van der Waals surface area contributed by atoms with E-state index in [9.17, 15) is 5.11 Å². The highest BCUT2D eigenvalue weighted by atomic mass is 16.6. The van der Waals surface area contributed by atoms with E-state index >= 15 is 0 Å². The van der Waals surface area contributed by atoms with Gasteiger partial charge in [0.1, 0.15) is 28.7 Å². The fourth-order valence-electron chi connectivity index (χ4n) is 3.24. The van der Waals surface area contributed by atoms with Crippen LogP contribution in [0, 0.1) is 6.92 Å². The van der Waals surface area contributed by atoms with Crippen LogP contribution >= 0.6 is 0 Å². The Bertz CT molecular complexity index is 939. The van der Waals surface area contributed by atoms with Gasteiger partial charge in [0.15, 0.2) is 0 Å². The van der Waals surface area contributed by atoms with Crippen molar-refractivity contribution in [1.29, 1.82) is 0 Å². The van der Waals surface area contributed by atoms with Crippen molar-refractivity contribution in [2.45, 2.75) is 52.2 Å². The number of aryl methyl sites for hydroxylation is 1. The van der Waals surface area contributed by atoms with E-state index in [4.69, 9.17) is 14.6 Å². The molecule has 4 heterocycles. The quantitative estimate of drug-likeness (QED) is 0.767. The molecule has 26 heavy (non-hydrogen) atoms. The Morgan fingerprint density at radius 1 is 1.27 bits per heavy atom. The third kappa shape index (κ3) is 2.94. The van der Waals surface area contributed by atoms with Crippen molar-refractivity contribution >= 4 is 16.9 Å². The first-order valence-electron chi connectivity index (χ1n) is 8.91. The van der Waals surface area contributed by atoms with E-state index in [0.717, 1.165) is 47.0 Å². The van der Waals surface area contributed by atoms with Crippen molar-refractivity contribution in [3.8, 4) is 0 Å². The predicted molar refractivity (Wildman–Crippen MR) is 97.2 cm³/mol. The number of nitrogens with zero attached hydrogens (tertiary/aromatic N) is 6. The van der Waals surface area contributed by atoms with Crippen LogP contribution in [0.2, 0.25) is 0 Å². The van der Waals surface area contributed by atoms with Gasteiger partial charge in [0, 0.05) is 24.7 Å². The molecule has 1 saturated heterocycles. The minimum Gasteiger partial charge on any atom is -0.391 e. The third-order valence-corrected chi connectivity index (χ3v) is 4.80. The number of anilines is 1. The average Bonchev–Trinajstić information content (AvgIpc) is 3.28. The second-order valence-electron chi connectivity index (χ2n) is 7.99. The SMILES string of the molecule is Cc1nonc1Cn1ccc2c(N3CC[C@H](O)C3)nc(C(C)(C)C)nc21. The van der Waals surface area contributed by atoms with E-state index in [1.54, 1.807) is 0 Å². The fraction of sp³-hybridized carbons (Fsp3) is 0.556. The molecule has 1 aliphatic rings. The molecule has 1 atom stereocenters. The summed E-state index contributed by atoms with van der Waals surface area (Å²) in [5, 5.41) is 18.8. The van der Waals surface area contributed by atoms with Crippen LogP contribution in [0.5, 0.6) is 0 Å². The maximum Gasteiger partial charge on any atom is 0.146 e. The molecule has 1 N–H and O–H groups in total. The average molecular weight is 356 g/mol. The molecule has 4 rings (SSSR count). The van der Waals surface area contributed by atoms with Gasteiger partial charge in [-0.3, -0.25) is 0 Å². The molecule has 0 aliphatic carbocycles. The van der Waals surface area contributed by atoms with Gasteiger partial charge < -0.3 is 14.6 Å². The summed E-state index contributed by atoms with van der Waals surface area (Å²) in [5.41, 5.74) is 2.25. The van der Waals surface area contributed by atoms with E-state index in [2.05, 4.69) is 40.6 Å². The highest BCUT2D eigenvalue weighted by molar-refractivity contribution is 5.88. The van der Waals surface area contributed by atoms with Crippen molar-refractivity contribution in [3.05, 3.63) is 29.5 Å². The highest BCUT2D eigenvalue weighted by Gasteiger charge is 2.27. The number of hydrogen-bond acceptors (Lipinski definition) is 7. The molecule has 0 bridgehead atoms. The molecule has 8 nitrogen and oxygen atoms in total. The maximum atomic E-state index is 9.95. The number of aromatic nitrogens is 5. The van der Waals surface area contributed by atoms with Crippen LogP contribution in [0.3, 0.4) is 0 Å². The van der Waals surface area contributed by atoms with Crippen LogP contribution in [-0.4, -0.2) is 49.1 Å². The minimum absolute atomic E-state index is 0.179. The van der Waals surface area contributed by atoms with Gasteiger partial charge in [0.05, 0.1) is 18.0 Å². The molecule has 0 unspecified atom stereocenters. The first-order chi connectivity index (χ1) is 12.3. The second-order valence-corrected chi connectivity index (χ2v) is 7.99. The molecule has 0 saturated carbocycles. The molecule has 8 heteroatoms. The van der Waals surface area contributed by atoms with Crippen LogP contribution < -0.4 is 4.90 Å². The summed E-state index contributed by atoms with van der Waals surface area (Å²) >= 11 is 0. The van der Waals surface area contributed by atoms with Crippen LogP contribution in [-0.2, 0) is 12.0 Å². The molecule has 0 radical (unpaired) electrons. The van der Waals surface area contributed by atoms with Crippen LogP contribution in [0.15, 0.2) is 16.9 Å². The van der Waals surface area contributed by atoms with Crippen LogP contribution in [0.25, 0.3) is 11.0 Å².